The van der Waals surface area contributed by atoms with Crippen molar-refractivity contribution in [3.63, 3.8) is 0 Å². The Morgan fingerprint density at radius 3 is 2.82 bits per heavy atom. The van der Waals surface area contributed by atoms with E-state index in [1.165, 1.54) is 4.80 Å². The lowest BCUT2D eigenvalue weighted by molar-refractivity contribution is -0.122. The van der Waals surface area contributed by atoms with Crippen molar-refractivity contribution in [2.75, 3.05) is 0 Å². The van der Waals surface area contributed by atoms with Gasteiger partial charge < -0.3 is 5.32 Å². The summed E-state index contributed by atoms with van der Waals surface area (Å²) in [4.78, 5) is 14.2. The van der Waals surface area contributed by atoms with E-state index in [2.05, 4.69) is 20.7 Å². The number of nitrogens with one attached hydrogen (secondary N) is 1. The van der Waals surface area contributed by atoms with E-state index in [9.17, 15) is 4.79 Å². The third-order valence-electron chi connectivity index (χ3n) is 2.88. The molecule has 0 saturated carbocycles. The van der Waals surface area contributed by atoms with Crippen molar-refractivity contribution >= 4 is 28.8 Å². The fourth-order valence-corrected chi connectivity index (χ4v) is 2.58. The van der Waals surface area contributed by atoms with Gasteiger partial charge in [-0.05, 0) is 40.9 Å². The van der Waals surface area contributed by atoms with Gasteiger partial charge in [0.15, 0.2) is 0 Å². The lowest BCUT2D eigenvalue weighted by Crippen LogP contribution is -2.27. The van der Waals surface area contributed by atoms with E-state index in [1.807, 2.05) is 17.5 Å². The van der Waals surface area contributed by atoms with E-state index in [0.29, 0.717) is 17.4 Å². The summed E-state index contributed by atoms with van der Waals surface area (Å²) >= 11 is 7.43. The fourth-order valence-electron chi connectivity index (χ4n) is 1.81. The molecule has 1 amide bonds. The number of rotatable bonds is 5. The molecule has 2 heterocycles. The van der Waals surface area contributed by atoms with Gasteiger partial charge in [0.25, 0.3) is 0 Å². The highest BCUT2D eigenvalue weighted by Gasteiger charge is 2.09. The van der Waals surface area contributed by atoms with E-state index in [1.54, 1.807) is 35.6 Å². The second kappa shape index (κ2) is 6.67. The third kappa shape index (κ3) is 3.69. The first-order valence-electron chi connectivity index (χ1n) is 6.53. The van der Waals surface area contributed by atoms with Crippen LogP contribution in [0.2, 0.25) is 5.02 Å². The molecule has 0 aliphatic heterocycles. The number of carbonyl (C=O) groups is 1. The topological polar surface area (TPSA) is 72.7 Å². The van der Waals surface area contributed by atoms with Gasteiger partial charge in [-0.15, -0.1) is 21.5 Å². The number of nitrogens with zero attached hydrogens (tertiary/aromatic N) is 4. The van der Waals surface area contributed by atoms with Crippen molar-refractivity contribution in [3.05, 3.63) is 51.7 Å². The summed E-state index contributed by atoms with van der Waals surface area (Å²) in [6.45, 7) is 0.543. The van der Waals surface area contributed by atoms with Gasteiger partial charge in [0.2, 0.25) is 11.7 Å². The van der Waals surface area contributed by atoms with Gasteiger partial charge >= 0.3 is 0 Å². The Balaban J connectivity index is 1.59. The van der Waals surface area contributed by atoms with Crippen LogP contribution in [0.5, 0.6) is 0 Å². The van der Waals surface area contributed by atoms with Crippen molar-refractivity contribution in [3.8, 4) is 11.4 Å². The molecule has 3 rings (SSSR count). The monoisotopic (exact) mass is 333 g/mol. The van der Waals surface area contributed by atoms with Gasteiger partial charge in [-0.1, -0.05) is 17.7 Å². The minimum absolute atomic E-state index is 0.0337. The van der Waals surface area contributed by atoms with Crippen LogP contribution in [0, 0.1) is 0 Å². The predicted octanol–water partition coefficient (Wildman–Crippen LogP) is 2.37. The molecule has 22 heavy (non-hydrogen) atoms. The highest BCUT2D eigenvalue weighted by molar-refractivity contribution is 7.09. The number of thiophene rings is 1. The highest BCUT2D eigenvalue weighted by Crippen LogP contribution is 2.16. The van der Waals surface area contributed by atoms with Crippen LogP contribution >= 0.6 is 22.9 Å². The van der Waals surface area contributed by atoms with Crippen LogP contribution in [0.1, 0.15) is 4.88 Å². The van der Waals surface area contributed by atoms with Gasteiger partial charge in [-0.3, -0.25) is 4.79 Å². The number of halogens is 1. The summed E-state index contributed by atoms with van der Waals surface area (Å²) in [5, 5.41) is 17.4. The summed E-state index contributed by atoms with van der Waals surface area (Å²) in [6.07, 6.45) is 0. The summed E-state index contributed by atoms with van der Waals surface area (Å²) in [5.74, 6) is 0.302. The molecule has 0 atom stereocenters. The molecule has 8 heteroatoms. The number of amides is 1. The predicted molar refractivity (Wildman–Crippen MR) is 84.4 cm³/mol. The number of hydrogen-bond donors (Lipinski definition) is 1. The Labute approximate surface area is 135 Å². The molecule has 3 aromatic rings. The van der Waals surface area contributed by atoms with Gasteiger partial charge in [0.1, 0.15) is 6.54 Å². The zero-order chi connectivity index (χ0) is 15.4. The maximum Gasteiger partial charge on any atom is 0.243 e. The van der Waals surface area contributed by atoms with Crippen LogP contribution in [0.4, 0.5) is 0 Å². The van der Waals surface area contributed by atoms with E-state index >= 15 is 0 Å². The molecule has 1 N–H and O–H groups in total. The molecule has 1 aromatic carbocycles. The Hall–Kier alpha value is -2.25. The molecular formula is C14H12ClN5OS. The van der Waals surface area contributed by atoms with Crippen molar-refractivity contribution < 1.29 is 4.79 Å². The second-order valence-corrected chi connectivity index (χ2v) is 5.98. The molecule has 0 bridgehead atoms. The summed E-state index contributed by atoms with van der Waals surface area (Å²) < 4.78 is 0. The number of carbonyl (C=O) groups excluding carboxylic acids is 1. The van der Waals surface area contributed by atoms with E-state index in [0.717, 1.165) is 10.4 Å². The normalized spacial score (nSPS) is 10.6. The maximum absolute atomic E-state index is 11.8. The average molecular weight is 334 g/mol. The quantitative estimate of drug-likeness (QED) is 0.778. The van der Waals surface area contributed by atoms with Gasteiger partial charge in [-0.2, -0.15) is 4.80 Å². The lowest BCUT2D eigenvalue weighted by Gasteiger charge is -2.02. The second-order valence-electron chi connectivity index (χ2n) is 4.51. The maximum atomic E-state index is 11.8. The van der Waals surface area contributed by atoms with Crippen LogP contribution < -0.4 is 5.32 Å². The van der Waals surface area contributed by atoms with Crippen LogP contribution in [-0.4, -0.2) is 26.1 Å². The number of benzene rings is 1. The molecule has 0 radical (unpaired) electrons. The zero-order valence-corrected chi connectivity index (χ0v) is 13.0. The largest absolute Gasteiger partial charge is 0.350 e. The van der Waals surface area contributed by atoms with Crippen LogP contribution in [0.3, 0.4) is 0 Å². The van der Waals surface area contributed by atoms with Gasteiger partial charge in [0, 0.05) is 15.5 Å². The Kier molecular flexibility index (Phi) is 4.45. The molecule has 2 aromatic heterocycles. The molecule has 0 saturated heterocycles. The smallest absolute Gasteiger partial charge is 0.243 e. The molecule has 0 unspecified atom stereocenters. The van der Waals surface area contributed by atoms with Gasteiger partial charge in [0.05, 0.1) is 6.54 Å². The Bertz CT molecular complexity index is 754. The van der Waals surface area contributed by atoms with Gasteiger partial charge in [-0.25, -0.2) is 0 Å². The first-order valence-corrected chi connectivity index (χ1v) is 7.79. The number of hydrogen-bond acceptors (Lipinski definition) is 5. The SMILES string of the molecule is O=C(Cn1nnc(-c2ccc(Cl)cc2)n1)NCc1cccs1. The zero-order valence-electron chi connectivity index (χ0n) is 11.4. The van der Waals surface area contributed by atoms with Crippen molar-refractivity contribution in [1.82, 2.24) is 25.5 Å². The van der Waals surface area contributed by atoms with Crippen molar-refractivity contribution in [1.29, 1.82) is 0 Å². The molecule has 6 nitrogen and oxygen atoms in total. The number of aromatic nitrogens is 4. The first-order chi connectivity index (χ1) is 10.7. The molecular weight excluding hydrogens is 322 g/mol. The van der Waals surface area contributed by atoms with E-state index < -0.39 is 0 Å². The summed E-state index contributed by atoms with van der Waals surface area (Å²) in [6, 6.07) is 11.0. The average Bonchev–Trinajstić information content (AvgIpc) is 3.17. The Morgan fingerprint density at radius 2 is 2.09 bits per heavy atom. The highest BCUT2D eigenvalue weighted by atomic mass is 35.5. The Morgan fingerprint density at radius 1 is 1.27 bits per heavy atom. The van der Waals surface area contributed by atoms with Crippen molar-refractivity contribution in [2.24, 2.45) is 0 Å². The molecule has 0 aliphatic carbocycles. The van der Waals surface area contributed by atoms with Crippen LogP contribution in [-0.2, 0) is 17.9 Å². The molecule has 0 fully saturated rings. The molecule has 0 aliphatic rings. The molecule has 0 spiro atoms. The lowest BCUT2D eigenvalue weighted by atomic mass is 10.2. The molecule has 112 valence electrons. The van der Waals surface area contributed by atoms with Crippen molar-refractivity contribution in [2.45, 2.75) is 13.1 Å². The standard InChI is InChI=1S/C14H12ClN5OS/c15-11-5-3-10(4-6-11)14-17-19-20(18-14)9-13(21)16-8-12-2-1-7-22-12/h1-7H,8-9H2,(H,16,21). The third-order valence-corrected chi connectivity index (χ3v) is 4.01. The minimum atomic E-state index is -0.159. The minimum Gasteiger partial charge on any atom is -0.350 e. The van der Waals surface area contributed by atoms with E-state index in [-0.39, 0.29) is 12.5 Å². The van der Waals surface area contributed by atoms with Crippen LogP contribution in [0.25, 0.3) is 11.4 Å². The summed E-state index contributed by atoms with van der Waals surface area (Å²) in [7, 11) is 0. The summed E-state index contributed by atoms with van der Waals surface area (Å²) in [5.41, 5.74) is 0.801. The first kappa shape index (κ1) is 14.7. The van der Waals surface area contributed by atoms with Crippen LogP contribution in [0.15, 0.2) is 41.8 Å². The number of tetrazole rings is 1. The fraction of sp³-hybridized carbons (Fsp3) is 0.143. The van der Waals surface area contributed by atoms with E-state index in [4.69, 9.17) is 11.6 Å².